The maximum Gasteiger partial charge on any atom is 0.223 e. The van der Waals surface area contributed by atoms with E-state index in [9.17, 15) is 4.39 Å². The molecule has 0 saturated carbocycles. The third-order valence-corrected chi connectivity index (χ3v) is 7.44. The van der Waals surface area contributed by atoms with Gasteiger partial charge in [0.25, 0.3) is 0 Å². The number of nitrogens with zero attached hydrogens (tertiary/aromatic N) is 4. The molecular formula is C27H28FN5S. The molecule has 1 fully saturated rings. The van der Waals surface area contributed by atoms with Crippen LogP contribution >= 0.6 is 11.3 Å². The normalized spacial score (nSPS) is 15.3. The van der Waals surface area contributed by atoms with Crippen LogP contribution in [0.2, 0.25) is 0 Å². The third-order valence-electron chi connectivity index (χ3n) is 6.30. The Morgan fingerprint density at radius 3 is 2.59 bits per heavy atom. The number of hydrogen-bond acceptors (Lipinski definition) is 6. The van der Waals surface area contributed by atoms with Gasteiger partial charge in [-0.3, -0.25) is 0 Å². The molecule has 1 unspecified atom stereocenters. The number of aromatic nitrogens is 3. The van der Waals surface area contributed by atoms with E-state index in [2.05, 4.69) is 41.2 Å². The first kappa shape index (κ1) is 22.5. The second-order valence-electron chi connectivity index (χ2n) is 8.90. The zero-order valence-electron chi connectivity index (χ0n) is 19.4. The van der Waals surface area contributed by atoms with Gasteiger partial charge in [0.15, 0.2) is 5.13 Å². The van der Waals surface area contributed by atoms with Crippen LogP contribution in [0, 0.1) is 11.7 Å². The molecule has 174 valence electrons. The predicted molar refractivity (Wildman–Crippen MR) is 138 cm³/mol. The number of hydrogen-bond donors (Lipinski definition) is 1. The summed E-state index contributed by atoms with van der Waals surface area (Å²) in [7, 11) is 0. The first-order chi connectivity index (χ1) is 16.6. The number of halogens is 1. The summed E-state index contributed by atoms with van der Waals surface area (Å²) in [6, 6.07) is 18.8. The molecule has 7 heteroatoms. The van der Waals surface area contributed by atoms with E-state index in [1.807, 2.05) is 30.3 Å². The molecule has 0 spiro atoms. The van der Waals surface area contributed by atoms with Crippen LogP contribution in [0.25, 0.3) is 21.8 Å². The Hall–Kier alpha value is -3.32. The zero-order chi connectivity index (χ0) is 23.5. The number of thiazole rings is 1. The van der Waals surface area contributed by atoms with Gasteiger partial charge in [0.1, 0.15) is 5.82 Å². The zero-order valence-corrected chi connectivity index (χ0v) is 20.2. The molecule has 0 bridgehead atoms. The fraction of sp³-hybridized carbons (Fsp3) is 0.296. The predicted octanol–water partition coefficient (Wildman–Crippen LogP) is 6.82. The molecule has 1 saturated heterocycles. The molecule has 2 aromatic carbocycles. The summed E-state index contributed by atoms with van der Waals surface area (Å²) < 4.78 is 14.1. The molecule has 1 aliphatic rings. The molecule has 3 heterocycles. The highest BCUT2D eigenvalue weighted by Gasteiger charge is 2.23. The number of nitrogens with one attached hydrogen (secondary N) is 1. The second-order valence-corrected chi connectivity index (χ2v) is 9.87. The minimum Gasteiger partial charge on any atom is -0.348 e. The van der Waals surface area contributed by atoms with Crippen molar-refractivity contribution in [2.75, 3.05) is 23.3 Å². The van der Waals surface area contributed by atoms with Gasteiger partial charge in [0.05, 0.1) is 22.3 Å². The van der Waals surface area contributed by atoms with Crippen molar-refractivity contribution in [1.29, 1.82) is 0 Å². The smallest absolute Gasteiger partial charge is 0.223 e. The van der Waals surface area contributed by atoms with Crippen LogP contribution < -0.4 is 10.2 Å². The fourth-order valence-electron chi connectivity index (χ4n) is 4.22. The van der Waals surface area contributed by atoms with E-state index in [1.165, 1.54) is 6.07 Å². The summed E-state index contributed by atoms with van der Waals surface area (Å²) in [5.74, 6) is 1.02. The summed E-state index contributed by atoms with van der Waals surface area (Å²) in [4.78, 5) is 17.5. The molecule has 0 radical (unpaired) electrons. The quantitative estimate of drug-likeness (QED) is 0.333. The Bertz CT molecular complexity index is 1250. The van der Waals surface area contributed by atoms with Gasteiger partial charge in [0.2, 0.25) is 5.95 Å². The minimum absolute atomic E-state index is 0.0616. The Morgan fingerprint density at radius 2 is 1.82 bits per heavy atom. The Labute approximate surface area is 203 Å². The second kappa shape index (κ2) is 9.89. The van der Waals surface area contributed by atoms with Crippen LogP contribution in [0.5, 0.6) is 0 Å². The topological polar surface area (TPSA) is 53.9 Å². The van der Waals surface area contributed by atoms with E-state index in [0.717, 1.165) is 64.4 Å². The number of rotatable bonds is 6. The minimum atomic E-state index is -0.272. The van der Waals surface area contributed by atoms with E-state index in [4.69, 9.17) is 9.97 Å². The van der Waals surface area contributed by atoms with Crippen LogP contribution in [-0.4, -0.2) is 28.0 Å². The summed E-state index contributed by atoms with van der Waals surface area (Å²) in [6.45, 7) is 6.37. The van der Waals surface area contributed by atoms with Crippen LogP contribution in [0.15, 0.2) is 66.9 Å². The highest BCUT2D eigenvalue weighted by atomic mass is 32.1. The van der Waals surface area contributed by atoms with Gasteiger partial charge in [0, 0.05) is 24.8 Å². The summed E-state index contributed by atoms with van der Waals surface area (Å²) in [6.07, 6.45) is 4.08. The van der Waals surface area contributed by atoms with E-state index in [1.54, 1.807) is 29.7 Å². The summed E-state index contributed by atoms with van der Waals surface area (Å²) >= 11 is 1.62. The van der Waals surface area contributed by atoms with E-state index < -0.39 is 0 Å². The molecule has 1 N–H and O–H groups in total. The standard InChI is InChI=1S/C27H28FN5S/c1-18-12-15-33(16-13-18)27-32-24(21-9-6-10-22(28)17-21)25(34-27)23-11-14-29-26(31-23)30-19(2)20-7-4-3-5-8-20/h3-11,14,17-19H,12-13,15-16H2,1-2H3,(H,29,30,31). The number of piperidine rings is 1. The maximum absolute atomic E-state index is 14.1. The average Bonchev–Trinajstić information content (AvgIpc) is 3.31. The lowest BCUT2D eigenvalue weighted by molar-refractivity contribution is 0.438. The molecule has 1 atom stereocenters. The maximum atomic E-state index is 14.1. The van der Waals surface area contributed by atoms with Crippen LogP contribution in [0.1, 0.15) is 38.3 Å². The lowest BCUT2D eigenvalue weighted by atomic mass is 10.00. The van der Waals surface area contributed by atoms with Gasteiger partial charge >= 0.3 is 0 Å². The van der Waals surface area contributed by atoms with Gasteiger partial charge in [-0.1, -0.05) is 60.7 Å². The third kappa shape index (κ3) is 4.94. The van der Waals surface area contributed by atoms with Crippen molar-refractivity contribution >= 4 is 22.4 Å². The van der Waals surface area contributed by atoms with Crippen molar-refractivity contribution in [3.63, 3.8) is 0 Å². The summed E-state index contributed by atoms with van der Waals surface area (Å²) in [5, 5.41) is 4.37. The number of anilines is 2. The molecule has 34 heavy (non-hydrogen) atoms. The fourth-order valence-corrected chi connectivity index (χ4v) is 5.33. The first-order valence-electron chi connectivity index (χ1n) is 11.7. The molecule has 5 nitrogen and oxygen atoms in total. The molecular weight excluding hydrogens is 445 g/mol. The van der Waals surface area contributed by atoms with E-state index in [-0.39, 0.29) is 11.9 Å². The lowest BCUT2D eigenvalue weighted by Gasteiger charge is -2.29. The van der Waals surface area contributed by atoms with Gasteiger partial charge in [-0.25, -0.2) is 19.3 Å². The SMILES string of the molecule is CC1CCN(c2nc(-c3cccc(F)c3)c(-c3ccnc(NC(C)c4ccccc4)n3)s2)CC1. The van der Waals surface area contributed by atoms with Crippen molar-refractivity contribution < 1.29 is 4.39 Å². The molecule has 1 aliphatic heterocycles. The highest BCUT2D eigenvalue weighted by Crippen LogP contribution is 2.41. The van der Waals surface area contributed by atoms with Gasteiger partial charge in [-0.15, -0.1) is 0 Å². The van der Waals surface area contributed by atoms with Crippen molar-refractivity contribution in [2.45, 2.75) is 32.7 Å². The molecule has 0 aliphatic carbocycles. The van der Waals surface area contributed by atoms with Crippen LogP contribution in [-0.2, 0) is 0 Å². The van der Waals surface area contributed by atoms with Gasteiger partial charge < -0.3 is 10.2 Å². The Balaban J connectivity index is 1.50. The molecule has 0 amide bonds. The average molecular weight is 474 g/mol. The summed E-state index contributed by atoms with van der Waals surface area (Å²) in [5.41, 5.74) is 3.47. The van der Waals surface area contributed by atoms with Crippen molar-refractivity contribution in [3.05, 3.63) is 78.2 Å². The molecule has 4 aromatic rings. The van der Waals surface area contributed by atoms with Crippen molar-refractivity contribution in [3.8, 4) is 21.8 Å². The first-order valence-corrected chi connectivity index (χ1v) is 12.5. The van der Waals surface area contributed by atoms with Gasteiger partial charge in [-0.05, 0) is 49.4 Å². The van der Waals surface area contributed by atoms with Crippen molar-refractivity contribution in [1.82, 2.24) is 15.0 Å². The Kier molecular flexibility index (Phi) is 6.54. The Morgan fingerprint density at radius 1 is 1.03 bits per heavy atom. The number of benzene rings is 2. The van der Waals surface area contributed by atoms with Crippen LogP contribution in [0.3, 0.4) is 0 Å². The van der Waals surface area contributed by atoms with E-state index in [0.29, 0.717) is 5.95 Å². The monoisotopic (exact) mass is 473 g/mol. The van der Waals surface area contributed by atoms with E-state index >= 15 is 0 Å². The molecule has 5 rings (SSSR count). The lowest BCUT2D eigenvalue weighted by Crippen LogP contribution is -2.32. The highest BCUT2D eigenvalue weighted by molar-refractivity contribution is 7.19. The van der Waals surface area contributed by atoms with Crippen LogP contribution in [0.4, 0.5) is 15.5 Å². The largest absolute Gasteiger partial charge is 0.348 e. The van der Waals surface area contributed by atoms with Crippen molar-refractivity contribution in [2.24, 2.45) is 5.92 Å². The van der Waals surface area contributed by atoms with Gasteiger partial charge in [-0.2, -0.15) is 0 Å². The molecule has 2 aromatic heterocycles.